The number of carbonyl (C=O) groups is 1. The highest BCUT2D eigenvalue weighted by Gasteiger charge is 2.33. The summed E-state index contributed by atoms with van der Waals surface area (Å²) in [5, 5.41) is 11.2. The average molecular weight is 333 g/mol. The van der Waals surface area contributed by atoms with Gasteiger partial charge in [0.1, 0.15) is 5.75 Å². The Hall–Kier alpha value is -2.48. The van der Waals surface area contributed by atoms with E-state index < -0.39 is 34.0 Å². The standard InChI is InChI=1S/C13H8ClF3N2O3/c14-9-2-1-6(3-8(9)13(15,16)17)19-12(22)7-5-18-11(21)4-10(7)20/h1-5H,(H,19,22)(H2,18,20,21). The lowest BCUT2D eigenvalue weighted by Gasteiger charge is -2.12. The van der Waals surface area contributed by atoms with E-state index in [1.54, 1.807) is 0 Å². The molecular formula is C13H8ClF3N2O3. The van der Waals surface area contributed by atoms with E-state index in [-0.39, 0.29) is 11.3 Å². The van der Waals surface area contributed by atoms with E-state index in [1.807, 2.05) is 0 Å². The lowest BCUT2D eigenvalue weighted by Crippen LogP contribution is -2.16. The van der Waals surface area contributed by atoms with Crippen LogP contribution < -0.4 is 10.9 Å². The minimum atomic E-state index is -4.67. The van der Waals surface area contributed by atoms with Gasteiger partial charge in [0.15, 0.2) is 0 Å². The summed E-state index contributed by atoms with van der Waals surface area (Å²) in [5.41, 5.74) is -2.17. The molecule has 5 nitrogen and oxygen atoms in total. The quantitative estimate of drug-likeness (QED) is 0.790. The maximum atomic E-state index is 12.7. The zero-order chi connectivity index (χ0) is 16.5. The van der Waals surface area contributed by atoms with E-state index >= 15 is 0 Å². The predicted octanol–water partition coefficient (Wildman–Crippen LogP) is 3.01. The Kier molecular flexibility index (Phi) is 4.14. The second-order valence-corrected chi connectivity index (χ2v) is 4.65. The number of H-pyrrole nitrogens is 1. The van der Waals surface area contributed by atoms with Crippen LogP contribution >= 0.6 is 11.6 Å². The van der Waals surface area contributed by atoms with Crippen LogP contribution in [0.3, 0.4) is 0 Å². The van der Waals surface area contributed by atoms with Gasteiger partial charge in [-0.15, -0.1) is 0 Å². The van der Waals surface area contributed by atoms with Gasteiger partial charge in [-0.05, 0) is 18.2 Å². The molecule has 0 saturated heterocycles. The van der Waals surface area contributed by atoms with Crippen molar-refractivity contribution in [1.82, 2.24) is 4.98 Å². The second kappa shape index (κ2) is 5.72. The van der Waals surface area contributed by atoms with Crippen LogP contribution in [0.4, 0.5) is 18.9 Å². The lowest BCUT2D eigenvalue weighted by atomic mass is 10.1. The fraction of sp³-hybridized carbons (Fsp3) is 0.0769. The summed E-state index contributed by atoms with van der Waals surface area (Å²) < 4.78 is 38.2. The van der Waals surface area contributed by atoms with Crippen molar-refractivity contribution in [2.45, 2.75) is 6.18 Å². The van der Waals surface area contributed by atoms with Crippen LogP contribution in [-0.2, 0) is 6.18 Å². The third-order valence-corrected chi connectivity index (χ3v) is 3.01. The molecule has 1 amide bonds. The first kappa shape index (κ1) is 15.9. The molecule has 1 aromatic heterocycles. The Morgan fingerprint density at radius 1 is 1.27 bits per heavy atom. The van der Waals surface area contributed by atoms with E-state index in [9.17, 15) is 27.9 Å². The molecule has 2 rings (SSSR count). The third-order valence-electron chi connectivity index (χ3n) is 2.68. The molecule has 0 fully saturated rings. The summed E-state index contributed by atoms with van der Waals surface area (Å²) in [4.78, 5) is 25.0. The van der Waals surface area contributed by atoms with Crippen molar-refractivity contribution in [2.75, 3.05) is 5.32 Å². The second-order valence-electron chi connectivity index (χ2n) is 4.24. The monoisotopic (exact) mass is 332 g/mol. The number of anilines is 1. The molecule has 3 N–H and O–H groups in total. The first-order chi connectivity index (χ1) is 10.2. The number of pyridine rings is 1. The van der Waals surface area contributed by atoms with Crippen molar-refractivity contribution in [1.29, 1.82) is 0 Å². The molecule has 1 heterocycles. The molecular weight excluding hydrogens is 325 g/mol. The van der Waals surface area contributed by atoms with Crippen LogP contribution in [0.15, 0.2) is 35.3 Å². The number of carbonyl (C=O) groups excluding carboxylic acids is 1. The van der Waals surface area contributed by atoms with Crippen molar-refractivity contribution in [3.63, 3.8) is 0 Å². The first-order valence-electron chi connectivity index (χ1n) is 5.78. The molecule has 0 unspecified atom stereocenters. The zero-order valence-corrected chi connectivity index (χ0v) is 11.4. The van der Waals surface area contributed by atoms with Crippen LogP contribution in [0.2, 0.25) is 5.02 Å². The number of halogens is 4. The fourth-order valence-corrected chi connectivity index (χ4v) is 1.89. The highest BCUT2D eigenvalue weighted by atomic mass is 35.5. The van der Waals surface area contributed by atoms with Gasteiger partial charge in [0, 0.05) is 18.0 Å². The lowest BCUT2D eigenvalue weighted by molar-refractivity contribution is -0.137. The number of amides is 1. The Balaban J connectivity index is 2.31. The summed E-state index contributed by atoms with van der Waals surface area (Å²) in [5.74, 6) is -1.48. The molecule has 0 bridgehead atoms. The average Bonchev–Trinajstić information content (AvgIpc) is 2.39. The largest absolute Gasteiger partial charge is 0.507 e. The number of aromatic nitrogens is 1. The van der Waals surface area contributed by atoms with Gasteiger partial charge < -0.3 is 15.4 Å². The molecule has 0 spiro atoms. The summed E-state index contributed by atoms with van der Waals surface area (Å²) in [7, 11) is 0. The van der Waals surface area contributed by atoms with Gasteiger partial charge >= 0.3 is 6.18 Å². The number of hydrogen-bond donors (Lipinski definition) is 3. The highest BCUT2D eigenvalue weighted by molar-refractivity contribution is 6.31. The number of alkyl halides is 3. The van der Waals surface area contributed by atoms with Gasteiger partial charge in [0.25, 0.3) is 11.5 Å². The molecule has 0 aliphatic carbocycles. The number of rotatable bonds is 2. The Morgan fingerprint density at radius 3 is 2.55 bits per heavy atom. The Labute approximate surface area is 126 Å². The van der Waals surface area contributed by atoms with Gasteiger partial charge in [0.05, 0.1) is 16.1 Å². The van der Waals surface area contributed by atoms with Crippen LogP contribution in [0.1, 0.15) is 15.9 Å². The number of nitrogens with one attached hydrogen (secondary N) is 2. The SMILES string of the molecule is O=C(Nc1ccc(Cl)c(C(F)(F)F)c1)c1c[nH]c(=O)cc1O. The molecule has 0 radical (unpaired) electrons. The minimum Gasteiger partial charge on any atom is -0.507 e. The molecule has 0 saturated carbocycles. The maximum absolute atomic E-state index is 12.7. The van der Waals surface area contributed by atoms with Crippen molar-refractivity contribution < 1.29 is 23.1 Å². The van der Waals surface area contributed by atoms with E-state index in [2.05, 4.69) is 10.3 Å². The smallest absolute Gasteiger partial charge is 0.417 e. The van der Waals surface area contributed by atoms with Crippen molar-refractivity contribution >= 4 is 23.2 Å². The summed E-state index contributed by atoms with van der Waals surface area (Å²) in [6.45, 7) is 0. The normalized spacial score (nSPS) is 11.3. The van der Waals surface area contributed by atoms with E-state index in [0.717, 1.165) is 18.3 Å². The minimum absolute atomic E-state index is 0.160. The van der Waals surface area contributed by atoms with Crippen LogP contribution in [0.25, 0.3) is 0 Å². The van der Waals surface area contributed by atoms with Gasteiger partial charge in [-0.1, -0.05) is 11.6 Å². The number of aromatic hydroxyl groups is 1. The zero-order valence-electron chi connectivity index (χ0n) is 10.7. The topological polar surface area (TPSA) is 82.2 Å². The van der Waals surface area contributed by atoms with Gasteiger partial charge in [-0.2, -0.15) is 13.2 Å². The van der Waals surface area contributed by atoms with Crippen LogP contribution in [0.5, 0.6) is 5.75 Å². The number of aromatic amines is 1. The maximum Gasteiger partial charge on any atom is 0.417 e. The van der Waals surface area contributed by atoms with E-state index in [1.165, 1.54) is 6.07 Å². The molecule has 22 heavy (non-hydrogen) atoms. The van der Waals surface area contributed by atoms with Gasteiger partial charge in [-0.25, -0.2) is 0 Å². The summed E-state index contributed by atoms with van der Waals surface area (Å²) >= 11 is 5.46. The highest BCUT2D eigenvalue weighted by Crippen LogP contribution is 2.36. The Bertz CT molecular complexity index is 787. The number of benzene rings is 1. The van der Waals surface area contributed by atoms with Crippen LogP contribution in [0, 0.1) is 0 Å². The fourth-order valence-electron chi connectivity index (χ4n) is 1.66. The van der Waals surface area contributed by atoms with Crippen molar-refractivity contribution in [3.05, 3.63) is 57.0 Å². The molecule has 0 aliphatic heterocycles. The van der Waals surface area contributed by atoms with Gasteiger partial charge in [0.2, 0.25) is 0 Å². The molecule has 9 heteroatoms. The molecule has 2 aromatic rings. The molecule has 116 valence electrons. The van der Waals surface area contributed by atoms with E-state index in [0.29, 0.717) is 6.07 Å². The Morgan fingerprint density at radius 2 is 1.95 bits per heavy atom. The van der Waals surface area contributed by atoms with Crippen molar-refractivity contribution in [2.24, 2.45) is 0 Å². The predicted molar refractivity (Wildman–Crippen MR) is 73.1 cm³/mol. The molecule has 0 aliphatic rings. The van der Waals surface area contributed by atoms with Crippen LogP contribution in [-0.4, -0.2) is 16.0 Å². The summed E-state index contributed by atoms with van der Waals surface area (Å²) in [6, 6.07) is 3.62. The van der Waals surface area contributed by atoms with E-state index in [4.69, 9.17) is 11.6 Å². The first-order valence-corrected chi connectivity index (χ1v) is 6.16. The third kappa shape index (κ3) is 3.40. The number of hydrogen-bond acceptors (Lipinski definition) is 3. The van der Waals surface area contributed by atoms with Crippen molar-refractivity contribution in [3.8, 4) is 5.75 Å². The summed E-state index contributed by atoms with van der Waals surface area (Å²) in [6.07, 6.45) is -3.72. The molecule has 0 atom stereocenters. The van der Waals surface area contributed by atoms with Gasteiger partial charge in [-0.3, -0.25) is 9.59 Å². The molecule has 1 aromatic carbocycles.